The Hall–Kier alpha value is -3.55. The first kappa shape index (κ1) is 25.1. The average molecular weight is 502 g/mol. The Bertz CT molecular complexity index is 1220. The molecule has 0 unspecified atom stereocenters. The molecule has 10 heteroatoms. The molecule has 2 aliphatic rings. The predicted octanol–water partition coefficient (Wildman–Crippen LogP) is 2.71. The van der Waals surface area contributed by atoms with Crippen molar-refractivity contribution in [2.24, 2.45) is 0 Å². The molecular weight excluding hydrogens is 466 g/mol. The Morgan fingerprint density at radius 2 is 1.73 bits per heavy atom. The second-order valence-electron chi connectivity index (χ2n) is 9.84. The van der Waals surface area contributed by atoms with Crippen LogP contribution in [-0.2, 0) is 11.3 Å². The largest absolute Gasteiger partial charge is 0.378 e. The predicted molar refractivity (Wildman–Crippen MR) is 145 cm³/mol. The molecule has 194 valence electrons. The van der Waals surface area contributed by atoms with E-state index in [1.54, 1.807) is 6.33 Å². The number of hydrogen-bond donors (Lipinski definition) is 0. The zero-order chi connectivity index (χ0) is 25.6. The third kappa shape index (κ3) is 5.73. The first-order valence-corrected chi connectivity index (χ1v) is 13.1. The fraction of sp³-hybridized carbons (Fsp3) is 0.519. The Balaban J connectivity index is 1.58. The maximum Gasteiger partial charge on any atom is 0.228 e. The van der Waals surface area contributed by atoms with Crippen LogP contribution in [0.25, 0.3) is 11.0 Å². The molecule has 0 bridgehead atoms. The van der Waals surface area contributed by atoms with E-state index < -0.39 is 0 Å². The van der Waals surface area contributed by atoms with Crippen LogP contribution in [0.1, 0.15) is 24.8 Å². The molecule has 3 aromatic rings. The van der Waals surface area contributed by atoms with Gasteiger partial charge >= 0.3 is 0 Å². The Labute approximate surface area is 218 Å². The molecule has 0 spiro atoms. The van der Waals surface area contributed by atoms with Gasteiger partial charge in [0.1, 0.15) is 17.4 Å². The van der Waals surface area contributed by atoms with Gasteiger partial charge in [0.25, 0.3) is 0 Å². The van der Waals surface area contributed by atoms with Gasteiger partial charge in [-0.3, -0.25) is 0 Å². The number of anilines is 3. The van der Waals surface area contributed by atoms with Crippen molar-refractivity contribution in [2.75, 3.05) is 74.7 Å². The zero-order valence-corrected chi connectivity index (χ0v) is 21.8. The van der Waals surface area contributed by atoms with Crippen LogP contribution >= 0.6 is 0 Å². The normalized spacial score (nSPS) is 16.8. The van der Waals surface area contributed by atoms with Crippen LogP contribution in [0.2, 0.25) is 0 Å². The van der Waals surface area contributed by atoms with Gasteiger partial charge in [0.2, 0.25) is 5.95 Å². The Kier molecular flexibility index (Phi) is 7.92. The van der Waals surface area contributed by atoms with Crippen LogP contribution in [0, 0.1) is 11.3 Å². The van der Waals surface area contributed by atoms with Crippen molar-refractivity contribution >= 4 is 28.6 Å². The van der Waals surface area contributed by atoms with Crippen molar-refractivity contribution in [1.29, 1.82) is 5.26 Å². The first-order valence-electron chi connectivity index (χ1n) is 13.1. The number of hydrogen-bond acceptors (Lipinski definition) is 10. The van der Waals surface area contributed by atoms with Gasteiger partial charge in [-0.1, -0.05) is 30.3 Å². The summed E-state index contributed by atoms with van der Waals surface area (Å²) in [7, 11) is 4.30. The fourth-order valence-electron chi connectivity index (χ4n) is 5.11. The monoisotopic (exact) mass is 501 g/mol. The summed E-state index contributed by atoms with van der Waals surface area (Å²) in [6.07, 6.45) is 4.13. The van der Waals surface area contributed by atoms with Gasteiger partial charge in [-0.15, -0.1) is 0 Å². The quantitative estimate of drug-likeness (QED) is 0.458. The van der Waals surface area contributed by atoms with Crippen LogP contribution in [0.3, 0.4) is 0 Å². The molecule has 0 aliphatic carbocycles. The highest BCUT2D eigenvalue weighted by molar-refractivity contribution is 5.94. The molecule has 10 nitrogen and oxygen atoms in total. The van der Waals surface area contributed by atoms with E-state index in [2.05, 4.69) is 56.9 Å². The van der Waals surface area contributed by atoms with Crippen LogP contribution in [0.4, 0.5) is 17.6 Å². The first-order chi connectivity index (χ1) is 18.1. The number of ether oxygens (including phenoxy) is 1. The lowest BCUT2D eigenvalue weighted by Crippen LogP contribution is -2.43. The van der Waals surface area contributed by atoms with Crippen molar-refractivity contribution in [2.45, 2.75) is 31.8 Å². The average Bonchev–Trinajstić information content (AvgIpc) is 2.95. The van der Waals surface area contributed by atoms with Crippen molar-refractivity contribution < 1.29 is 4.74 Å². The molecule has 37 heavy (non-hydrogen) atoms. The summed E-state index contributed by atoms with van der Waals surface area (Å²) < 4.78 is 5.61. The summed E-state index contributed by atoms with van der Waals surface area (Å²) in [5, 5.41) is 9.37. The molecule has 0 amide bonds. The SMILES string of the molecule is CN(C)C1CCN(c2nc(N3CCOCC3)c3ncnc(N(CCC#N)Cc4ccccc4)c3n2)CC1. The summed E-state index contributed by atoms with van der Waals surface area (Å²) in [4.78, 5) is 28.5. The highest BCUT2D eigenvalue weighted by atomic mass is 16.5. The van der Waals surface area contributed by atoms with Gasteiger partial charge in [-0.25, -0.2) is 15.0 Å². The third-order valence-corrected chi connectivity index (χ3v) is 7.23. The van der Waals surface area contributed by atoms with Crippen LogP contribution in [0.5, 0.6) is 0 Å². The molecule has 2 fully saturated rings. The second-order valence-corrected chi connectivity index (χ2v) is 9.84. The molecule has 5 rings (SSSR count). The molecule has 2 aromatic heterocycles. The topological polar surface area (TPSA) is 97.5 Å². The van der Waals surface area contributed by atoms with Crippen molar-refractivity contribution in [3.05, 3.63) is 42.2 Å². The maximum atomic E-state index is 9.37. The summed E-state index contributed by atoms with van der Waals surface area (Å²) in [6, 6.07) is 13.1. The molecule has 0 saturated carbocycles. The number of aromatic nitrogens is 4. The van der Waals surface area contributed by atoms with E-state index in [9.17, 15) is 5.26 Å². The number of piperidine rings is 1. The van der Waals surface area contributed by atoms with Gasteiger partial charge in [0.15, 0.2) is 11.6 Å². The summed E-state index contributed by atoms with van der Waals surface area (Å²) in [6.45, 7) is 5.84. The summed E-state index contributed by atoms with van der Waals surface area (Å²) in [5.41, 5.74) is 2.63. The van der Waals surface area contributed by atoms with Gasteiger partial charge in [-0.05, 0) is 32.5 Å². The molecule has 2 saturated heterocycles. The molecular formula is C27H35N9O. The van der Waals surface area contributed by atoms with Crippen molar-refractivity contribution in [3.8, 4) is 6.07 Å². The van der Waals surface area contributed by atoms with Crippen LogP contribution < -0.4 is 14.7 Å². The Morgan fingerprint density at radius 1 is 0.973 bits per heavy atom. The van der Waals surface area contributed by atoms with E-state index >= 15 is 0 Å². The van der Waals surface area contributed by atoms with Gasteiger partial charge in [0.05, 0.1) is 25.7 Å². The van der Waals surface area contributed by atoms with E-state index in [-0.39, 0.29) is 0 Å². The molecule has 0 radical (unpaired) electrons. The minimum Gasteiger partial charge on any atom is -0.378 e. The number of nitriles is 1. The lowest BCUT2D eigenvalue weighted by atomic mass is 10.0. The second kappa shape index (κ2) is 11.7. The summed E-state index contributed by atoms with van der Waals surface area (Å²) >= 11 is 0. The third-order valence-electron chi connectivity index (χ3n) is 7.23. The molecule has 0 N–H and O–H groups in total. The molecule has 2 aliphatic heterocycles. The standard InChI is InChI=1S/C27H35N9O/c1-33(2)22-9-13-35(14-10-22)27-31-24-23(26(32-27)34-15-17-37-18-16-34)29-20-30-25(24)36(12-6-11-28)19-21-7-4-3-5-8-21/h3-5,7-8,20,22H,6,9-10,12-19H2,1-2H3. The molecule has 4 heterocycles. The zero-order valence-electron chi connectivity index (χ0n) is 21.8. The fourth-order valence-corrected chi connectivity index (χ4v) is 5.11. The summed E-state index contributed by atoms with van der Waals surface area (Å²) in [5.74, 6) is 2.30. The molecule has 0 atom stereocenters. The lowest BCUT2D eigenvalue weighted by Gasteiger charge is -2.36. The number of fused-ring (bicyclic) bond motifs is 1. The molecule has 1 aromatic carbocycles. The van der Waals surface area contributed by atoms with E-state index in [1.165, 1.54) is 0 Å². The van der Waals surface area contributed by atoms with Crippen molar-refractivity contribution in [3.63, 3.8) is 0 Å². The van der Waals surface area contributed by atoms with Gasteiger partial charge < -0.3 is 24.3 Å². The van der Waals surface area contributed by atoms with E-state index in [4.69, 9.17) is 19.7 Å². The maximum absolute atomic E-state index is 9.37. The minimum absolute atomic E-state index is 0.393. The number of benzene rings is 1. The van der Waals surface area contributed by atoms with Gasteiger partial charge in [-0.2, -0.15) is 10.2 Å². The number of rotatable bonds is 8. The number of morpholine rings is 1. The Morgan fingerprint density at radius 3 is 2.43 bits per heavy atom. The highest BCUT2D eigenvalue weighted by Gasteiger charge is 2.27. The minimum atomic E-state index is 0.393. The highest BCUT2D eigenvalue weighted by Crippen LogP contribution is 2.32. The van der Waals surface area contributed by atoms with E-state index in [1.807, 2.05) is 18.2 Å². The smallest absolute Gasteiger partial charge is 0.228 e. The van der Waals surface area contributed by atoms with Gasteiger partial charge in [0, 0.05) is 45.3 Å². The van der Waals surface area contributed by atoms with Crippen LogP contribution in [0.15, 0.2) is 36.7 Å². The van der Waals surface area contributed by atoms with E-state index in [0.717, 1.165) is 73.2 Å². The van der Waals surface area contributed by atoms with Crippen molar-refractivity contribution in [1.82, 2.24) is 24.8 Å². The number of nitrogens with zero attached hydrogens (tertiary/aromatic N) is 9. The lowest BCUT2D eigenvalue weighted by molar-refractivity contribution is 0.122. The van der Waals surface area contributed by atoms with Crippen LogP contribution in [-0.4, -0.2) is 90.9 Å². The van der Waals surface area contributed by atoms with E-state index in [0.29, 0.717) is 38.8 Å².